The molecule has 0 saturated heterocycles. The van der Waals surface area contributed by atoms with Crippen LogP contribution < -0.4 is 0 Å². The van der Waals surface area contributed by atoms with Crippen LogP contribution in [0, 0.1) is 10.1 Å². The molecule has 0 aromatic carbocycles. The summed E-state index contributed by atoms with van der Waals surface area (Å²) in [7, 11) is 0. The van der Waals surface area contributed by atoms with Gasteiger partial charge in [0.15, 0.2) is 0 Å². The van der Waals surface area contributed by atoms with E-state index in [0.717, 1.165) is 0 Å². The second kappa shape index (κ2) is 2.73. The van der Waals surface area contributed by atoms with Gasteiger partial charge in [-0.15, -0.1) is 0 Å². The Morgan fingerprint density at radius 1 is 2.00 bits per heavy atom. The van der Waals surface area contributed by atoms with Crippen molar-refractivity contribution in [3.8, 4) is 0 Å². The summed E-state index contributed by atoms with van der Waals surface area (Å²) in [6, 6.07) is 0. The minimum Gasteiger partial charge on any atom is -0.337 e. The van der Waals surface area contributed by atoms with Crippen LogP contribution in [-0.4, -0.2) is 5.03 Å². The van der Waals surface area contributed by atoms with Crippen LogP contribution in [0.1, 0.15) is 0 Å². The molecule has 0 fully saturated rings. The van der Waals surface area contributed by atoms with Crippen molar-refractivity contribution in [2.45, 2.75) is 0 Å². The lowest BCUT2D eigenvalue weighted by molar-refractivity contribution is -0.427. The van der Waals surface area contributed by atoms with Gasteiger partial charge in [-0.1, -0.05) is 0 Å². The van der Waals surface area contributed by atoms with Crippen LogP contribution in [0.15, 0.2) is 5.22 Å². The maximum absolute atomic E-state index is 9.13. The molecule has 0 aromatic rings. The molecule has 0 aromatic heterocycles. The summed E-state index contributed by atoms with van der Waals surface area (Å²) < 4.78 is 0. The highest BCUT2D eigenvalue weighted by Crippen LogP contribution is 1.84. The lowest BCUT2D eigenvalue weighted by Gasteiger charge is -1.73. The lowest BCUT2D eigenvalue weighted by atomic mass is 12.4. The van der Waals surface area contributed by atoms with Crippen molar-refractivity contribution in [3.05, 3.63) is 26.1 Å². The molecule has 0 radical (unpaired) electrons. The summed E-state index contributed by atoms with van der Waals surface area (Å²) in [5.41, 5.74) is 9.55. The van der Waals surface area contributed by atoms with Gasteiger partial charge in [0.1, 0.15) is 0 Å². The predicted molar refractivity (Wildman–Crippen MR) is 19.5 cm³/mol. The zero-order valence-electron chi connectivity index (χ0n) is 3.05. The van der Waals surface area contributed by atoms with Gasteiger partial charge >= 0.3 is 0 Å². The topological polar surface area (TPSA) is 106 Å². The van der Waals surface area contributed by atoms with Crippen molar-refractivity contribution in [1.82, 2.24) is 0 Å². The van der Waals surface area contributed by atoms with Gasteiger partial charge in [0.2, 0.25) is 5.53 Å². The van der Waals surface area contributed by atoms with E-state index in [1.807, 2.05) is 4.91 Å². The molecular formula is N5O2-. The highest BCUT2D eigenvalue weighted by atomic mass is 16.7. The smallest absolute Gasteiger partial charge is 0.270 e. The number of nitro groups is 1. The molecular weight excluding hydrogens is 102 g/mol. The summed E-state index contributed by atoms with van der Waals surface area (Å²) >= 11 is 0. The maximum Gasteiger partial charge on any atom is 0.270 e. The average Bonchev–Trinajstić information content (AvgIpc) is 1.61. The summed E-state index contributed by atoms with van der Waals surface area (Å²) in [5.74, 6) is 0. The van der Waals surface area contributed by atoms with Crippen molar-refractivity contribution in [1.29, 1.82) is 0 Å². The first kappa shape index (κ1) is 5.51. The third-order valence-electron chi connectivity index (χ3n) is 0.153. The van der Waals surface area contributed by atoms with Gasteiger partial charge in [-0.2, -0.15) is 4.91 Å². The third kappa shape index (κ3) is 4.51. The van der Waals surface area contributed by atoms with Crippen LogP contribution in [0.2, 0.25) is 0 Å². The Bertz CT molecular complexity index is 109. The van der Waals surface area contributed by atoms with Crippen molar-refractivity contribution in [2.24, 2.45) is 5.22 Å². The van der Waals surface area contributed by atoms with E-state index < -0.39 is 5.03 Å². The molecule has 0 aliphatic rings. The third-order valence-corrected chi connectivity index (χ3v) is 0.153. The normalized spacial score (nSPS) is 6.29. The highest BCUT2D eigenvalue weighted by molar-refractivity contribution is 4.48. The van der Waals surface area contributed by atoms with Crippen molar-refractivity contribution in [2.75, 3.05) is 0 Å². The molecule has 0 heterocycles. The van der Waals surface area contributed by atoms with E-state index in [1.165, 1.54) is 0 Å². The monoisotopic (exact) mass is 102 g/mol. The molecule has 7 nitrogen and oxygen atoms in total. The fourth-order valence-corrected chi connectivity index (χ4v) is 0.0505. The summed E-state index contributed by atoms with van der Waals surface area (Å²) in [6.45, 7) is 0. The number of rotatable bonds is 2. The van der Waals surface area contributed by atoms with E-state index in [-0.39, 0.29) is 0 Å². The van der Waals surface area contributed by atoms with E-state index in [4.69, 9.17) is 15.6 Å². The van der Waals surface area contributed by atoms with E-state index in [1.54, 1.807) is 0 Å². The first-order valence-electron chi connectivity index (χ1n) is 1.17. The molecule has 38 valence electrons. The summed E-state index contributed by atoms with van der Waals surface area (Å²) in [4.78, 5) is 11.1. The molecule has 0 aliphatic carbocycles. The molecule has 7 heteroatoms. The first-order chi connectivity index (χ1) is 3.27. The van der Waals surface area contributed by atoms with Crippen molar-refractivity contribution in [3.63, 3.8) is 0 Å². The Balaban J connectivity index is 3.32. The first-order valence-corrected chi connectivity index (χ1v) is 1.17. The van der Waals surface area contributed by atoms with Crippen LogP contribution in [0.4, 0.5) is 0 Å². The Morgan fingerprint density at radius 2 is 2.57 bits per heavy atom. The second-order valence-electron chi connectivity index (χ2n) is 0.506. The van der Waals surface area contributed by atoms with E-state index >= 15 is 0 Å². The van der Waals surface area contributed by atoms with Crippen LogP contribution in [-0.2, 0) is 0 Å². The maximum atomic E-state index is 9.13. The van der Waals surface area contributed by atoms with Gasteiger partial charge in [-0.25, -0.2) is 5.53 Å². The molecule has 0 bridgehead atoms. The molecule has 0 atom stereocenters. The Kier molecular flexibility index (Phi) is 2.15. The average molecular weight is 102 g/mol. The summed E-state index contributed by atoms with van der Waals surface area (Å²) in [5, 5.41) is 10.3. The number of azide groups is 1. The van der Waals surface area contributed by atoms with Gasteiger partial charge in [0.05, 0.1) is 5.03 Å². The van der Waals surface area contributed by atoms with E-state index in [2.05, 4.69) is 10.8 Å². The standard InChI is InChI=1S/N5O2/c1-2-3-4-5(6)7/q-1. The summed E-state index contributed by atoms with van der Waals surface area (Å²) in [6.07, 6.45) is 0. The van der Waals surface area contributed by atoms with Gasteiger partial charge in [0.25, 0.3) is 5.22 Å². The van der Waals surface area contributed by atoms with Gasteiger partial charge in [0, 0.05) is 0 Å². The van der Waals surface area contributed by atoms with Crippen LogP contribution in [0.3, 0.4) is 0 Å². The molecule has 0 unspecified atom stereocenters. The number of hydrogen-bond donors (Lipinski definition) is 0. The fourth-order valence-electron chi connectivity index (χ4n) is 0.0505. The number of nitrogens with zero attached hydrogens (tertiary/aromatic N) is 5. The predicted octanol–water partition coefficient (Wildman–Crippen LogP) is 0.777. The lowest BCUT2D eigenvalue weighted by Crippen LogP contribution is -1.81. The Morgan fingerprint density at radius 3 is 2.71 bits per heavy atom. The minimum atomic E-state index is -1.08. The Hall–Kier alpha value is -1.49. The van der Waals surface area contributed by atoms with Crippen LogP contribution >= 0.6 is 0 Å². The van der Waals surface area contributed by atoms with Gasteiger partial charge in [-0.3, -0.25) is 0 Å². The van der Waals surface area contributed by atoms with Crippen molar-refractivity contribution < 1.29 is 5.03 Å². The SMILES string of the molecule is [N-]=[N+]=N[N-][N+](=O)[O-]. The molecule has 0 aliphatic heterocycles. The van der Waals surface area contributed by atoms with Crippen LogP contribution in [0.25, 0.3) is 16.0 Å². The van der Waals surface area contributed by atoms with E-state index in [0.29, 0.717) is 0 Å². The molecule has 7 heavy (non-hydrogen) atoms. The molecule has 0 amide bonds. The van der Waals surface area contributed by atoms with Gasteiger partial charge < -0.3 is 10.1 Å². The van der Waals surface area contributed by atoms with Gasteiger partial charge in [-0.05, 0) is 0 Å². The quantitative estimate of drug-likeness (QED) is 0.169. The molecule has 0 saturated carbocycles. The minimum absolute atomic E-state index is 1.08. The molecule has 0 rings (SSSR count). The zero-order chi connectivity index (χ0) is 5.70. The largest absolute Gasteiger partial charge is 0.337 e. The Labute approximate surface area is 37.7 Å². The fraction of sp³-hybridized carbons (Fsp3) is 0. The second-order valence-corrected chi connectivity index (χ2v) is 0.506. The highest BCUT2D eigenvalue weighted by Gasteiger charge is 1.88. The number of hydrogen-bond acceptors (Lipinski definition) is 3. The van der Waals surface area contributed by atoms with Crippen LogP contribution in [0.5, 0.6) is 0 Å². The van der Waals surface area contributed by atoms with E-state index in [9.17, 15) is 0 Å². The molecule has 0 N–H and O–H groups in total. The molecule has 0 spiro atoms. The zero-order valence-corrected chi connectivity index (χ0v) is 3.05. The van der Waals surface area contributed by atoms with Crippen molar-refractivity contribution >= 4 is 0 Å².